The van der Waals surface area contributed by atoms with Crippen LogP contribution in [0.2, 0.25) is 0 Å². The van der Waals surface area contributed by atoms with Gasteiger partial charge >= 0.3 is 0 Å². The number of nitrogens with one attached hydrogen (secondary N) is 1. The summed E-state index contributed by atoms with van der Waals surface area (Å²) in [4.78, 5) is 32.3. The van der Waals surface area contributed by atoms with Gasteiger partial charge in [0, 0.05) is 0 Å². The topological polar surface area (TPSA) is 106 Å². The molecule has 1 unspecified atom stereocenters. The normalized spacial score (nSPS) is 12.3. The lowest BCUT2D eigenvalue weighted by Crippen LogP contribution is -2.18. The Labute approximate surface area is 178 Å². The number of nitrogens with zero attached hydrogens (tertiary/aromatic N) is 5. The summed E-state index contributed by atoms with van der Waals surface area (Å²) in [5.74, 6) is -0.00174. The van der Waals surface area contributed by atoms with Crippen molar-refractivity contribution in [3.63, 3.8) is 0 Å². The van der Waals surface area contributed by atoms with Crippen molar-refractivity contribution in [1.29, 1.82) is 0 Å². The zero-order valence-electron chi connectivity index (χ0n) is 15.5. The number of hydrogen-bond donors (Lipinski definition) is 1. The standard InChI is InChI=1S/C18H16N6O2S3/c1-10(13(25)8-14-22-23-18(27-2)29-14)28-17-20-15-12(16(26)21-17)9-19-24(15)11-6-4-3-5-7-11/h3-7,9-10H,8H2,1-2H3,(H,20,21,26). The number of thioether (sulfide) groups is 2. The van der Waals surface area contributed by atoms with E-state index in [9.17, 15) is 9.59 Å². The van der Waals surface area contributed by atoms with Crippen molar-refractivity contribution in [1.82, 2.24) is 29.9 Å². The number of ketones is 1. The van der Waals surface area contributed by atoms with Crippen LogP contribution in [0, 0.1) is 0 Å². The monoisotopic (exact) mass is 444 g/mol. The number of rotatable bonds is 7. The summed E-state index contributed by atoms with van der Waals surface area (Å²) in [5.41, 5.74) is 0.977. The predicted molar refractivity (Wildman–Crippen MR) is 115 cm³/mol. The van der Waals surface area contributed by atoms with Gasteiger partial charge in [0.2, 0.25) is 0 Å². The van der Waals surface area contributed by atoms with Crippen molar-refractivity contribution in [3.8, 4) is 5.69 Å². The molecule has 0 fully saturated rings. The highest BCUT2D eigenvalue weighted by Gasteiger charge is 2.20. The first-order valence-electron chi connectivity index (χ1n) is 8.64. The van der Waals surface area contributed by atoms with Crippen LogP contribution in [0.3, 0.4) is 0 Å². The largest absolute Gasteiger partial charge is 0.301 e. The molecule has 1 atom stereocenters. The minimum atomic E-state index is -0.398. The van der Waals surface area contributed by atoms with Gasteiger partial charge in [-0.1, -0.05) is 53.1 Å². The Morgan fingerprint density at radius 2 is 2.07 bits per heavy atom. The van der Waals surface area contributed by atoms with Gasteiger partial charge in [0.25, 0.3) is 5.56 Å². The predicted octanol–water partition coefficient (Wildman–Crippen LogP) is 2.97. The van der Waals surface area contributed by atoms with Crippen molar-refractivity contribution >= 4 is 51.7 Å². The molecule has 29 heavy (non-hydrogen) atoms. The van der Waals surface area contributed by atoms with E-state index >= 15 is 0 Å². The maximum atomic E-state index is 12.6. The van der Waals surface area contributed by atoms with E-state index in [1.54, 1.807) is 11.6 Å². The van der Waals surface area contributed by atoms with Crippen LogP contribution >= 0.6 is 34.9 Å². The molecule has 1 N–H and O–H groups in total. The van der Waals surface area contributed by atoms with Gasteiger partial charge in [-0.3, -0.25) is 9.59 Å². The number of aromatic amines is 1. The van der Waals surface area contributed by atoms with E-state index in [1.165, 1.54) is 41.1 Å². The molecule has 0 spiro atoms. The average molecular weight is 445 g/mol. The summed E-state index contributed by atoms with van der Waals surface area (Å²) in [6, 6.07) is 9.47. The van der Waals surface area contributed by atoms with Crippen molar-refractivity contribution in [2.45, 2.75) is 28.1 Å². The third-order valence-electron chi connectivity index (χ3n) is 4.11. The summed E-state index contributed by atoms with van der Waals surface area (Å²) in [7, 11) is 0. The Kier molecular flexibility index (Phi) is 5.79. The minimum Gasteiger partial charge on any atom is -0.301 e. The molecular formula is C18H16N6O2S3. The first kappa shape index (κ1) is 19.8. The number of aromatic nitrogens is 6. The molecule has 3 aromatic heterocycles. The lowest BCUT2D eigenvalue weighted by molar-refractivity contribution is -0.117. The maximum absolute atomic E-state index is 12.6. The smallest absolute Gasteiger partial charge is 0.262 e. The molecule has 148 valence electrons. The molecule has 4 aromatic rings. The summed E-state index contributed by atoms with van der Waals surface area (Å²) < 4.78 is 2.45. The van der Waals surface area contributed by atoms with Crippen LogP contribution in [0.15, 0.2) is 50.8 Å². The first-order chi connectivity index (χ1) is 14.0. The van der Waals surface area contributed by atoms with E-state index in [0.717, 1.165) is 10.0 Å². The van der Waals surface area contributed by atoms with E-state index in [1.807, 2.05) is 36.6 Å². The third kappa shape index (κ3) is 4.26. The summed E-state index contributed by atoms with van der Waals surface area (Å²) >= 11 is 4.13. The van der Waals surface area contributed by atoms with Crippen molar-refractivity contribution in [2.24, 2.45) is 0 Å². The molecule has 0 aliphatic rings. The van der Waals surface area contributed by atoms with Gasteiger partial charge in [-0.25, -0.2) is 9.67 Å². The zero-order valence-corrected chi connectivity index (χ0v) is 18.0. The van der Waals surface area contributed by atoms with Gasteiger partial charge in [-0.15, -0.1) is 10.2 Å². The Morgan fingerprint density at radius 1 is 1.28 bits per heavy atom. The van der Waals surface area contributed by atoms with Gasteiger partial charge < -0.3 is 4.98 Å². The molecule has 4 rings (SSSR count). The molecule has 0 radical (unpaired) electrons. The highest BCUT2D eigenvalue weighted by atomic mass is 32.2. The lowest BCUT2D eigenvalue weighted by Gasteiger charge is -2.09. The van der Waals surface area contributed by atoms with Gasteiger partial charge in [0.05, 0.1) is 23.6 Å². The fraction of sp³-hybridized carbons (Fsp3) is 0.222. The van der Waals surface area contributed by atoms with Crippen molar-refractivity contribution < 1.29 is 4.79 Å². The summed E-state index contributed by atoms with van der Waals surface area (Å²) in [6.45, 7) is 1.79. The van der Waals surface area contributed by atoms with E-state index in [2.05, 4.69) is 25.3 Å². The molecule has 8 nitrogen and oxygen atoms in total. The summed E-state index contributed by atoms with van der Waals surface area (Å²) in [5, 5.41) is 13.4. The number of H-pyrrole nitrogens is 1. The quantitative estimate of drug-likeness (QED) is 0.342. The average Bonchev–Trinajstić information content (AvgIpc) is 3.35. The number of carbonyl (C=O) groups is 1. The van der Waals surface area contributed by atoms with E-state index in [4.69, 9.17) is 0 Å². The number of fused-ring (bicyclic) bond motifs is 1. The van der Waals surface area contributed by atoms with Gasteiger partial charge in [0.1, 0.15) is 10.4 Å². The van der Waals surface area contributed by atoms with Gasteiger partial charge in [0.15, 0.2) is 20.9 Å². The Hall–Kier alpha value is -2.50. The van der Waals surface area contributed by atoms with Crippen LogP contribution in [-0.4, -0.2) is 47.2 Å². The van der Waals surface area contributed by atoms with E-state index in [0.29, 0.717) is 21.2 Å². The minimum absolute atomic E-state index is 0.00174. The molecule has 0 saturated heterocycles. The van der Waals surface area contributed by atoms with E-state index < -0.39 is 5.25 Å². The van der Waals surface area contributed by atoms with Gasteiger partial charge in [-0.2, -0.15) is 5.10 Å². The fourth-order valence-electron chi connectivity index (χ4n) is 2.63. The second-order valence-corrected chi connectivity index (χ2v) is 9.51. The molecule has 0 aliphatic heterocycles. The zero-order chi connectivity index (χ0) is 20.4. The number of benzene rings is 1. The van der Waals surface area contributed by atoms with E-state index in [-0.39, 0.29) is 17.8 Å². The molecule has 0 amide bonds. The SMILES string of the molecule is CSc1nnc(CC(=O)C(C)Sc2nc3c(cnn3-c3ccccc3)c(=O)[nH]2)s1. The molecule has 3 heterocycles. The second kappa shape index (κ2) is 8.47. The number of carbonyl (C=O) groups excluding carboxylic acids is 1. The molecule has 0 bridgehead atoms. The lowest BCUT2D eigenvalue weighted by atomic mass is 10.2. The highest BCUT2D eigenvalue weighted by Crippen LogP contribution is 2.25. The van der Waals surface area contributed by atoms with Crippen molar-refractivity contribution in [2.75, 3.05) is 6.26 Å². The Morgan fingerprint density at radius 3 is 2.79 bits per heavy atom. The Bertz CT molecular complexity index is 1220. The Balaban J connectivity index is 1.57. The summed E-state index contributed by atoms with van der Waals surface area (Å²) in [6.07, 6.45) is 3.62. The molecule has 0 aliphatic carbocycles. The fourth-order valence-corrected chi connectivity index (χ4v) is 4.79. The molecule has 1 aromatic carbocycles. The molecular weight excluding hydrogens is 428 g/mol. The second-order valence-electron chi connectivity index (χ2n) is 6.07. The number of Topliss-reactive ketones (excluding diaryl/α,β-unsaturated/α-hetero) is 1. The van der Waals surface area contributed by atoms with Crippen LogP contribution in [0.5, 0.6) is 0 Å². The maximum Gasteiger partial charge on any atom is 0.262 e. The molecule has 11 heteroatoms. The van der Waals surface area contributed by atoms with Crippen molar-refractivity contribution in [3.05, 3.63) is 51.9 Å². The molecule has 0 saturated carbocycles. The van der Waals surface area contributed by atoms with Crippen LogP contribution in [0.25, 0.3) is 16.7 Å². The van der Waals surface area contributed by atoms with Crippen LogP contribution in [-0.2, 0) is 11.2 Å². The van der Waals surface area contributed by atoms with Crippen LogP contribution in [0.1, 0.15) is 11.9 Å². The highest BCUT2D eigenvalue weighted by molar-refractivity contribution is 8.00. The first-order valence-corrected chi connectivity index (χ1v) is 11.6. The van der Waals surface area contributed by atoms with Gasteiger partial charge in [-0.05, 0) is 25.3 Å². The van der Waals surface area contributed by atoms with Crippen LogP contribution < -0.4 is 5.56 Å². The third-order valence-corrected chi connectivity index (χ3v) is 7.04. The number of hydrogen-bond acceptors (Lipinski definition) is 9. The van der Waals surface area contributed by atoms with Crippen LogP contribution in [0.4, 0.5) is 0 Å². The number of para-hydroxylation sites is 1.